The van der Waals surface area contributed by atoms with E-state index >= 15 is 0 Å². The van der Waals surface area contributed by atoms with Crippen molar-refractivity contribution in [3.05, 3.63) is 42.0 Å². The van der Waals surface area contributed by atoms with Crippen LogP contribution in [0.5, 0.6) is 0 Å². The van der Waals surface area contributed by atoms with Crippen molar-refractivity contribution in [2.24, 2.45) is 4.99 Å². The van der Waals surface area contributed by atoms with Crippen LogP contribution in [0.4, 0.5) is 0 Å². The van der Waals surface area contributed by atoms with E-state index in [2.05, 4.69) is 22.4 Å². The number of rotatable bonds is 5. The Labute approximate surface area is 132 Å². The van der Waals surface area contributed by atoms with Crippen LogP contribution in [0.15, 0.2) is 41.4 Å². The van der Waals surface area contributed by atoms with Gasteiger partial charge in [0.15, 0.2) is 5.78 Å². The van der Waals surface area contributed by atoms with Crippen LogP contribution < -0.4 is 0 Å². The highest BCUT2D eigenvalue weighted by Crippen LogP contribution is 2.34. The quantitative estimate of drug-likeness (QED) is 0.343. The molecule has 0 aromatic heterocycles. The highest BCUT2D eigenvalue weighted by molar-refractivity contribution is 7.78. The first kappa shape index (κ1) is 16.4. The van der Waals surface area contributed by atoms with Gasteiger partial charge in [0.1, 0.15) is 6.04 Å². The molecule has 19 heavy (non-hydrogen) atoms. The summed E-state index contributed by atoms with van der Waals surface area (Å²) in [6, 6.07) is 8.58. The zero-order valence-corrected chi connectivity index (χ0v) is 12.8. The summed E-state index contributed by atoms with van der Waals surface area (Å²) in [5.41, 5.74) is 0.916. The highest BCUT2D eigenvalue weighted by Gasteiger charge is 2.33. The summed E-state index contributed by atoms with van der Waals surface area (Å²) in [4.78, 5) is 15.5. The second-order valence-electron chi connectivity index (χ2n) is 3.69. The molecule has 1 rings (SSSR count). The number of carbonyl (C=O) groups is 1. The Morgan fingerprint density at radius 3 is 2.53 bits per heavy atom. The van der Waals surface area contributed by atoms with Gasteiger partial charge in [-0.25, -0.2) is 4.99 Å². The highest BCUT2D eigenvalue weighted by atomic mass is 35.6. The summed E-state index contributed by atoms with van der Waals surface area (Å²) in [6.07, 6.45) is 3.08. The summed E-state index contributed by atoms with van der Waals surface area (Å²) in [5.74, 6) is -0.200. The van der Waals surface area contributed by atoms with Gasteiger partial charge < -0.3 is 0 Å². The number of benzene rings is 1. The fourth-order valence-electron chi connectivity index (χ4n) is 1.31. The van der Waals surface area contributed by atoms with Gasteiger partial charge in [-0.05, 0) is 23.9 Å². The molecule has 6 heteroatoms. The van der Waals surface area contributed by atoms with Crippen LogP contribution in [-0.4, -0.2) is 20.8 Å². The molecule has 0 saturated carbocycles. The molecule has 0 heterocycles. The summed E-state index contributed by atoms with van der Waals surface area (Å²) < 4.78 is -1.68. The molecule has 1 aromatic rings. The number of halogens is 3. The summed E-state index contributed by atoms with van der Waals surface area (Å²) >= 11 is 21.6. The molecule has 0 spiro atoms. The van der Waals surface area contributed by atoms with Gasteiger partial charge >= 0.3 is 0 Å². The normalized spacial score (nSPS) is 13.0. The minimum Gasteiger partial charge on any atom is -0.295 e. The van der Waals surface area contributed by atoms with E-state index in [4.69, 9.17) is 34.8 Å². The van der Waals surface area contributed by atoms with Crippen LogP contribution in [0.25, 0.3) is 6.08 Å². The number of hydrogen-bond donors (Lipinski definition) is 0. The topological polar surface area (TPSA) is 29.4 Å². The first-order chi connectivity index (χ1) is 8.93. The Bertz CT molecular complexity index is 504. The van der Waals surface area contributed by atoms with Gasteiger partial charge in [-0.15, -0.1) is 0 Å². The predicted molar refractivity (Wildman–Crippen MR) is 84.2 cm³/mol. The maximum atomic E-state index is 11.8. The van der Waals surface area contributed by atoms with E-state index in [9.17, 15) is 4.79 Å². The van der Waals surface area contributed by atoms with Gasteiger partial charge in [0.05, 0.1) is 5.16 Å². The fourth-order valence-corrected chi connectivity index (χ4v) is 1.82. The molecule has 1 unspecified atom stereocenters. The molecule has 0 radical (unpaired) electrons. The molecule has 100 valence electrons. The van der Waals surface area contributed by atoms with E-state index < -0.39 is 9.83 Å². The molecule has 0 N–H and O–H groups in total. The summed E-state index contributed by atoms with van der Waals surface area (Å²) in [7, 11) is 0. The third kappa shape index (κ3) is 6.33. The minimum atomic E-state index is -1.68. The number of thiocarbonyl (C=S) groups is 1. The largest absolute Gasteiger partial charge is 0.295 e. The Hall–Kier alpha value is -0.700. The molecular formula is C13H10Cl3NOS. The lowest BCUT2D eigenvalue weighted by Gasteiger charge is -2.17. The molecular weight excluding hydrogens is 325 g/mol. The number of allylic oxidation sites excluding steroid dienone is 1. The lowest BCUT2D eigenvalue weighted by Crippen LogP contribution is -2.25. The van der Waals surface area contributed by atoms with Gasteiger partial charge in [-0.2, -0.15) is 0 Å². The smallest absolute Gasteiger partial charge is 0.213 e. The number of alkyl halides is 3. The van der Waals surface area contributed by atoms with Crippen LogP contribution >= 0.6 is 47.0 Å². The van der Waals surface area contributed by atoms with Gasteiger partial charge in [-0.3, -0.25) is 4.79 Å². The van der Waals surface area contributed by atoms with Crippen LogP contribution in [-0.2, 0) is 4.79 Å². The van der Waals surface area contributed by atoms with Gasteiger partial charge in [0, 0.05) is 6.42 Å². The molecule has 0 aliphatic rings. The van der Waals surface area contributed by atoms with E-state index in [1.54, 1.807) is 6.08 Å². The number of carbonyl (C=O) groups excluding carboxylic acids is 1. The van der Waals surface area contributed by atoms with E-state index in [1.807, 2.05) is 30.3 Å². The predicted octanol–water partition coefficient (Wildman–Crippen LogP) is 4.50. The number of hydrogen-bond acceptors (Lipinski definition) is 3. The van der Waals surface area contributed by atoms with Crippen molar-refractivity contribution in [3.8, 4) is 0 Å². The van der Waals surface area contributed by atoms with Crippen molar-refractivity contribution < 1.29 is 4.79 Å². The van der Waals surface area contributed by atoms with E-state index in [0.717, 1.165) is 5.56 Å². The Kier molecular flexibility index (Phi) is 6.70. The Morgan fingerprint density at radius 1 is 1.37 bits per heavy atom. The third-order valence-electron chi connectivity index (χ3n) is 2.24. The number of nitrogens with zero attached hydrogens (tertiary/aromatic N) is 1. The van der Waals surface area contributed by atoms with Crippen molar-refractivity contribution in [1.29, 1.82) is 0 Å². The molecule has 0 aliphatic heterocycles. The first-order valence-corrected chi connectivity index (χ1v) is 6.87. The summed E-state index contributed by atoms with van der Waals surface area (Å²) in [5, 5.41) is 2.13. The fraction of sp³-hybridized carbons (Fsp3) is 0.231. The third-order valence-corrected chi connectivity index (χ3v) is 3.10. The molecule has 2 nitrogen and oxygen atoms in total. The molecule has 0 bridgehead atoms. The van der Waals surface area contributed by atoms with Crippen LogP contribution in [0.1, 0.15) is 12.0 Å². The zero-order valence-electron chi connectivity index (χ0n) is 9.72. The molecule has 0 saturated heterocycles. The zero-order chi connectivity index (χ0) is 14.3. The van der Waals surface area contributed by atoms with Crippen molar-refractivity contribution in [3.63, 3.8) is 0 Å². The van der Waals surface area contributed by atoms with Crippen molar-refractivity contribution in [2.75, 3.05) is 0 Å². The maximum absolute atomic E-state index is 11.8. The molecule has 1 atom stereocenters. The average molecular weight is 335 g/mol. The average Bonchev–Trinajstić information content (AvgIpc) is 2.36. The lowest BCUT2D eigenvalue weighted by molar-refractivity contribution is -0.114. The SMILES string of the molecule is O=C(C=Cc1ccccc1)CC(N=C=S)C(Cl)(Cl)Cl. The van der Waals surface area contributed by atoms with Crippen molar-refractivity contribution in [2.45, 2.75) is 16.3 Å². The van der Waals surface area contributed by atoms with Gasteiger partial charge in [0.2, 0.25) is 3.79 Å². The Balaban J connectivity index is 2.69. The summed E-state index contributed by atoms with van der Waals surface area (Å²) in [6.45, 7) is 0. The van der Waals surface area contributed by atoms with Gasteiger partial charge in [-0.1, -0.05) is 71.2 Å². The second-order valence-corrected chi connectivity index (χ2v) is 6.24. The molecule has 0 amide bonds. The second kappa shape index (κ2) is 7.78. The Morgan fingerprint density at radius 2 is 2.00 bits per heavy atom. The van der Waals surface area contributed by atoms with Crippen molar-refractivity contribution >= 4 is 64.0 Å². The first-order valence-electron chi connectivity index (χ1n) is 5.33. The van der Waals surface area contributed by atoms with Crippen LogP contribution in [0.2, 0.25) is 0 Å². The number of ketones is 1. The standard InChI is InChI=1S/C13H10Cl3NOS/c14-13(15,16)12(17-9-19)8-11(18)7-6-10-4-2-1-3-5-10/h1-7,12H,8H2. The molecule has 0 aliphatic carbocycles. The maximum Gasteiger partial charge on any atom is 0.213 e. The monoisotopic (exact) mass is 333 g/mol. The molecule has 1 aromatic carbocycles. The van der Waals surface area contributed by atoms with Crippen molar-refractivity contribution in [1.82, 2.24) is 0 Å². The number of isothiocyanates is 1. The van der Waals surface area contributed by atoms with E-state index in [0.29, 0.717) is 0 Å². The minimum absolute atomic E-state index is 0.0382. The van der Waals surface area contributed by atoms with Crippen LogP contribution in [0, 0.1) is 0 Å². The molecule has 0 fully saturated rings. The number of aliphatic imine (C=N–C) groups is 1. The van der Waals surface area contributed by atoms with E-state index in [1.165, 1.54) is 6.08 Å². The van der Waals surface area contributed by atoms with Gasteiger partial charge in [0.25, 0.3) is 0 Å². The lowest BCUT2D eigenvalue weighted by atomic mass is 10.1. The van der Waals surface area contributed by atoms with Crippen LogP contribution in [0.3, 0.4) is 0 Å². The van der Waals surface area contributed by atoms with E-state index in [-0.39, 0.29) is 12.2 Å².